The Kier molecular flexibility index (Phi) is 4.35. The molecule has 0 spiro atoms. The van der Waals surface area contributed by atoms with Gasteiger partial charge >= 0.3 is 5.97 Å². The van der Waals surface area contributed by atoms with E-state index in [-0.39, 0.29) is 12.0 Å². The van der Waals surface area contributed by atoms with Crippen molar-refractivity contribution in [1.82, 2.24) is 0 Å². The molecule has 0 aliphatic rings. The van der Waals surface area contributed by atoms with Gasteiger partial charge in [0.15, 0.2) is 0 Å². The van der Waals surface area contributed by atoms with Crippen molar-refractivity contribution in [3.05, 3.63) is 70.2 Å². The van der Waals surface area contributed by atoms with Crippen LogP contribution in [0.15, 0.2) is 42.5 Å². The standard InChI is InChI=1S/C15H11ClF2O2/c16-11-4-1-9(2-5-11)13(15(19)20)7-10-3-6-12(17)8-14(10)18/h1-6,8,13H,7H2,(H,19,20). The smallest absolute Gasteiger partial charge is 0.311 e. The Morgan fingerprint density at radius 3 is 2.35 bits per heavy atom. The van der Waals surface area contributed by atoms with Gasteiger partial charge in [-0.15, -0.1) is 0 Å². The molecule has 2 nitrogen and oxygen atoms in total. The van der Waals surface area contributed by atoms with Gasteiger partial charge in [-0.1, -0.05) is 29.8 Å². The summed E-state index contributed by atoms with van der Waals surface area (Å²) in [6.07, 6.45) is -0.0525. The highest BCUT2D eigenvalue weighted by molar-refractivity contribution is 6.30. The quantitative estimate of drug-likeness (QED) is 0.925. The molecule has 0 saturated carbocycles. The second kappa shape index (κ2) is 6.01. The number of carboxylic acid groups (broad SMARTS) is 1. The number of hydrogen-bond donors (Lipinski definition) is 1. The fourth-order valence-corrected chi connectivity index (χ4v) is 2.08. The summed E-state index contributed by atoms with van der Waals surface area (Å²) in [6.45, 7) is 0. The zero-order valence-corrected chi connectivity index (χ0v) is 11.1. The summed E-state index contributed by atoms with van der Waals surface area (Å²) in [4.78, 5) is 11.3. The number of carbonyl (C=O) groups is 1. The predicted octanol–water partition coefficient (Wildman–Crippen LogP) is 4.03. The van der Waals surface area contributed by atoms with E-state index in [2.05, 4.69) is 0 Å². The second-order valence-corrected chi connectivity index (χ2v) is 4.82. The van der Waals surface area contributed by atoms with Crippen LogP contribution in [0.5, 0.6) is 0 Å². The fourth-order valence-electron chi connectivity index (χ4n) is 1.95. The second-order valence-electron chi connectivity index (χ2n) is 4.38. The molecule has 5 heteroatoms. The number of carboxylic acids is 1. The number of hydrogen-bond acceptors (Lipinski definition) is 1. The van der Waals surface area contributed by atoms with E-state index >= 15 is 0 Å². The molecule has 0 aromatic heterocycles. The van der Waals surface area contributed by atoms with Crippen molar-refractivity contribution >= 4 is 17.6 Å². The molecule has 2 rings (SSSR count). The Morgan fingerprint density at radius 1 is 1.15 bits per heavy atom. The van der Waals surface area contributed by atoms with Crippen LogP contribution in [-0.2, 0) is 11.2 Å². The van der Waals surface area contributed by atoms with E-state index in [4.69, 9.17) is 11.6 Å². The molecule has 0 heterocycles. The summed E-state index contributed by atoms with van der Waals surface area (Å²) in [5, 5.41) is 9.76. The number of rotatable bonds is 4. The lowest BCUT2D eigenvalue weighted by Gasteiger charge is -2.13. The van der Waals surface area contributed by atoms with Crippen LogP contribution in [0.1, 0.15) is 17.0 Å². The first kappa shape index (κ1) is 14.5. The minimum atomic E-state index is -1.07. The first-order valence-corrected chi connectivity index (χ1v) is 6.27. The van der Waals surface area contributed by atoms with Crippen LogP contribution in [0.2, 0.25) is 5.02 Å². The molecule has 0 radical (unpaired) electrons. The van der Waals surface area contributed by atoms with E-state index in [1.165, 1.54) is 6.07 Å². The summed E-state index contributed by atoms with van der Waals surface area (Å²) in [5.41, 5.74) is 0.680. The maximum atomic E-state index is 13.6. The zero-order chi connectivity index (χ0) is 14.7. The van der Waals surface area contributed by atoms with Crippen molar-refractivity contribution in [1.29, 1.82) is 0 Å². The van der Waals surface area contributed by atoms with Crippen LogP contribution in [0.4, 0.5) is 8.78 Å². The lowest BCUT2D eigenvalue weighted by molar-refractivity contribution is -0.138. The lowest BCUT2D eigenvalue weighted by atomic mass is 9.92. The third-order valence-corrected chi connectivity index (χ3v) is 3.26. The van der Waals surface area contributed by atoms with Gasteiger partial charge in [0.25, 0.3) is 0 Å². The number of benzene rings is 2. The lowest BCUT2D eigenvalue weighted by Crippen LogP contribution is -2.15. The van der Waals surface area contributed by atoms with Crippen LogP contribution in [0.25, 0.3) is 0 Å². The van der Waals surface area contributed by atoms with Gasteiger partial charge in [-0.05, 0) is 35.7 Å². The summed E-state index contributed by atoms with van der Waals surface area (Å²) < 4.78 is 26.4. The van der Waals surface area contributed by atoms with E-state index < -0.39 is 23.5 Å². The minimum Gasteiger partial charge on any atom is -0.481 e. The summed E-state index contributed by atoms with van der Waals surface area (Å²) in [5.74, 6) is -3.42. The average Bonchev–Trinajstić information content (AvgIpc) is 2.39. The molecule has 1 unspecified atom stereocenters. The first-order valence-electron chi connectivity index (χ1n) is 5.89. The van der Waals surface area contributed by atoms with Gasteiger partial charge in [-0.2, -0.15) is 0 Å². The highest BCUT2D eigenvalue weighted by atomic mass is 35.5. The molecule has 0 saturated heterocycles. The molecule has 1 N–H and O–H groups in total. The van der Waals surface area contributed by atoms with Crippen molar-refractivity contribution in [2.45, 2.75) is 12.3 Å². The third kappa shape index (κ3) is 3.33. The first-order chi connectivity index (χ1) is 9.47. The van der Waals surface area contributed by atoms with Crippen molar-refractivity contribution in [2.75, 3.05) is 0 Å². The molecule has 0 aliphatic carbocycles. The molecule has 20 heavy (non-hydrogen) atoms. The van der Waals surface area contributed by atoms with Gasteiger partial charge < -0.3 is 5.11 Å². The molecule has 0 fully saturated rings. The summed E-state index contributed by atoms with van der Waals surface area (Å²) in [6, 6.07) is 9.44. The fraction of sp³-hybridized carbons (Fsp3) is 0.133. The highest BCUT2D eigenvalue weighted by Gasteiger charge is 2.22. The molecule has 0 aliphatic heterocycles. The van der Waals surface area contributed by atoms with Crippen molar-refractivity contribution in [2.24, 2.45) is 0 Å². The van der Waals surface area contributed by atoms with Crippen molar-refractivity contribution < 1.29 is 18.7 Å². The molecule has 0 amide bonds. The summed E-state index contributed by atoms with van der Waals surface area (Å²) >= 11 is 5.75. The van der Waals surface area contributed by atoms with E-state index in [9.17, 15) is 18.7 Å². The van der Waals surface area contributed by atoms with Gasteiger partial charge in [-0.3, -0.25) is 4.79 Å². The van der Waals surface area contributed by atoms with E-state index in [0.717, 1.165) is 12.1 Å². The van der Waals surface area contributed by atoms with E-state index in [1.54, 1.807) is 24.3 Å². The van der Waals surface area contributed by atoms with Gasteiger partial charge in [0, 0.05) is 11.1 Å². The van der Waals surface area contributed by atoms with Crippen molar-refractivity contribution in [3.63, 3.8) is 0 Å². The Bertz CT molecular complexity index is 626. The topological polar surface area (TPSA) is 37.3 Å². The van der Waals surface area contributed by atoms with Crippen LogP contribution in [0, 0.1) is 11.6 Å². The van der Waals surface area contributed by atoms with Crippen LogP contribution in [-0.4, -0.2) is 11.1 Å². The molecule has 0 bridgehead atoms. The Morgan fingerprint density at radius 2 is 1.80 bits per heavy atom. The van der Waals surface area contributed by atoms with E-state index in [0.29, 0.717) is 10.6 Å². The molecule has 2 aromatic carbocycles. The summed E-state index contributed by atoms with van der Waals surface area (Å²) in [7, 11) is 0. The number of halogens is 3. The van der Waals surface area contributed by atoms with Crippen LogP contribution in [0.3, 0.4) is 0 Å². The zero-order valence-electron chi connectivity index (χ0n) is 10.3. The molecule has 1 atom stereocenters. The monoisotopic (exact) mass is 296 g/mol. The minimum absolute atomic E-state index is 0.0525. The van der Waals surface area contributed by atoms with Gasteiger partial charge in [-0.25, -0.2) is 8.78 Å². The normalized spacial score (nSPS) is 12.2. The largest absolute Gasteiger partial charge is 0.481 e. The SMILES string of the molecule is O=C(O)C(Cc1ccc(F)cc1F)c1ccc(Cl)cc1. The Labute approximate surface area is 119 Å². The van der Waals surface area contributed by atoms with Crippen LogP contribution >= 0.6 is 11.6 Å². The Balaban J connectivity index is 2.30. The Hall–Kier alpha value is -1.94. The molecular formula is C15H11ClF2O2. The molecular weight excluding hydrogens is 286 g/mol. The van der Waals surface area contributed by atoms with Gasteiger partial charge in [0.2, 0.25) is 0 Å². The van der Waals surface area contributed by atoms with Gasteiger partial charge in [0.05, 0.1) is 5.92 Å². The average molecular weight is 297 g/mol. The maximum Gasteiger partial charge on any atom is 0.311 e. The van der Waals surface area contributed by atoms with Crippen molar-refractivity contribution in [3.8, 4) is 0 Å². The molecule has 104 valence electrons. The van der Waals surface area contributed by atoms with Crippen LogP contribution < -0.4 is 0 Å². The highest BCUT2D eigenvalue weighted by Crippen LogP contribution is 2.24. The maximum absolute atomic E-state index is 13.6. The predicted molar refractivity (Wildman–Crippen MR) is 71.9 cm³/mol. The number of aliphatic carboxylic acids is 1. The third-order valence-electron chi connectivity index (χ3n) is 3.01. The molecule has 2 aromatic rings. The van der Waals surface area contributed by atoms with Gasteiger partial charge in [0.1, 0.15) is 11.6 Å². The van der Waals surface area contributed by atoms with E-state index in [1.807, 2.05) is 0 Å².